The van der Waals surface area contributed by atoms with Crippen molar-refractivity contribution in [2.75, 3.05) is 0 Å². The quantitative estimate of drug-likeness (QED) is 0.238. The molecule has 4 aliphatic heterocycles. The molecule has 0 radical (unpaired) electrons. The first-order chi connectivity index (χ1) is 23.8. The molecule has 1 aliphatic carbocycles. The second-order valence-corrected chi connectivity index (χ2v) is 15.3. The van der Waals surface area contributed by atoms with E-state index in [2.05, 4.69) is 161 Å². The van der Waals surface area contributed by atoms with Crippen molar-refractivity contribution >= 4 is 0 Å². The molecule has 49 heavy (non-hydrogen) atoms. The van der Waals surface area contributed by atoms with E-state index in [1.165, 1.54) is 80.0 Å². The van der Waals surface area contributed by atoms with Crippen molar-refractivity contribution in [1.29, 1.82) is 0 Å². The monoisotopic (exact) mass is 645 g/mol. The fourth-order valence-corrected chi connectivity index (χ4v) is 8.87. The van der Waals surface area contributed by atoms with Gasteiger partial charge in [0, 0.05) is 29.7 Å². The molecule has 0 N–H and O–H groups in total. The molecule has 5 aliphatic rings. The van der Waals surface area contributed by atoms with E-state index in [1.54, 1.807) is 0 Å². The number of hydrogen-bond donors (Lipinski definition) is 0. The van der Waals surface area contributed by atoms with E-state index >= 15 is 0 Å². The Morgan fingerprint density at radius 2 is 1.71 bits per heavy atom. The molecule has 248 valence electrons. The predicted molar refractivity (Wildman–Crippen MR) is 201 cm³/mol. The van der Waals surface area contributed by atoms with Gasteiger partial charge in [-0.15, -0.1) is 0 Å². The van der Waals surface area contributed by atoms with Crippen molar-refractivity contribution in [3.63, 3.8) is 0 Å². The summed E-state index contributed by atoms with van der Waals surface area (Å²) in [5, 5.41) is 0. The van der Waals surface area contributed by atoms with E-state index in [4.69, 9.17) is 4.74 Å². The number of aryl methyl sites for hydroxylation is 1. The number of pyridine rings is 1. The molecule has 0 spiro atoms. The van der Waals surface area contributed by atoms with Crippen molar-refractivity contribution in [2.24, 2.45) is 5.41 Å². The lowest BCUT2D eigenvalue weighted by Gasteiger charge is -2.49. The lowest BCUT2D eigenvalue weighted by Crippen LogP contribution is -2.57. The Labute approximate surface area is 293 Å². The molecule has 3 heteroatoms. The van der Waals surface area contributed by atoms with Crippen LogP contribution in [0.15, 0.2) is 149 Å². The summed E-state index contributed by atoms with van der Waals surface area (Å²) in [5.74, 6) is 0.902. The zero-order chi connectivity index (χ0) is 33.9. The second-order valence-electron chi connectivity index (χ2n) is 15.3. The standard InChI is InChI=1S/C46H49N2O/c1-7-10-15-31-20-22-32(23-21-31)34-24-25-40-37-18-13-14-19-38(37)46(9-3,43(8-2)47(40)29-34)39-30-49-44-28-35(45(4,5)6)27-41-36-17-12-11-16-33(36)26-42(39)48(41)44/h11-14,16,18-30,43H,7-10,15,17H2,1-6H3/q+1. The third-order valence-corrected chi connectivity index (χ3v) is 11.5. The molecular weight excluding hydrogens is 597 g/mol. The molecule has 0 amide bonds. The van der Waals surface area contributed by atoms with E-state index in [-0.39, 0.29) is 16.9 Å². The summed E-state index contributed by atoms with van der Waals surface area (Å²) in [5.41, 5.74) is 15.3. The molecule has 2 atom stereocenters. The first-order valence-corrected chi connectivity index (χ1v) is 18.5. The maximum atomic E-state index is 6.81. The minimum Gasteiger partial charge on any atom is -0.448 e. The van der Waals surface area contributed by atoms with Gasteiger partial charge < -0.3 is 4.74 Å². The van der Waals surface area contributed by atoms with E-state index in [0.29, 0.717) is 0 Å². The van der Waals surface area contributed by atoms with Crippen LogP contribution in [0.2, 0.25) is 0 Å². The van der Waals surface area contributed by atoms with Gasteiger partial charge in [-0.1, -0.05) is 109 Å². The summed E-state index contributed by atoms with van der Waals surface area (Å²) >= 11 is 0. The lowest BCUT2D eigenvalue weighted by atomic mass is 9.61. The Hall–Kier alpha value is -4.63. The van der Waals surface area contributed by atoms with Crippen molar-refractivity contribution in [1.82, 2.24) is 4.90 Å². The van der Waals surface area contributed by atoms with E-state index in [1.807, 2.05) is 0 Å². The summed E-state index contributed by atoms with van der Waals surface area (Å²) < 4.78 is 9.40. The number of allylic oxidation sites excluding steroid dienone is 10. The van der Waals surface area contributed by atoms with E-state index in [9.17, 15) is 0 Å². The van der Waals surface area contributed by atoms with Gasteiger partial charge in [-0.05, 0) is 88.8 Å². The van der Waals surface area contributed by atoms with Gasteiger partial charge in [0.25, 0.3) is 0 Å². The first-order valence-electron chi connectivity index (χ1n) is 18.5. The molecule has 0 saturated carbocycles. The van der Waals surface area contributed by atoms with Crippen LogP contribution >= 0.6 is 0 Å². The van der Waals surface area contributed by atoms with Crippen LogP contribution in [0.4, 0.5) is 0 Å². The van der Waals surface area contributed by atoms with Crippen molar-refractivity contribution in [3.05, 3.63) is 160 Å². The largest absolute Gasteiger partial charge is 0.448 e. The summed E-state index contributed by atoms with van der Waals surface area (Å²) in [7, 11) is 0. The molecule has 8 rings (SSSR count). The van der Waals surface area contributed by atoms with Crippen molar-refractivity contribution in [3.8, 4) is 22.4 Å². The van der Waals surface area contributed by atoms with E-state index in [0.717, 1.165) is 31.6 Å². The maximum absolute atomic E-state index is 6.81. The Bertz CT molecular complexity index is 2060. The maximum Gasteiger partial charge on any atom is 0.213 e. The number of nitrogens with zero attached hydrogens (tertiary/aromatic N) is 2. The van der Waals surface area contributed by atoms with Crippen molar-refractivity contribution < 1.29 is 9.30 Å². The van der Waals surface area contributed by atoms with Crippen LogP contribution in [0.1, 0.15) is 90.8 Å². The molecule has 2 unspecified atom stereocenters. The van der Waals surface area contributed by atoms with Crippen LogP contribution in [0.5, 0.6) is 0 Å². The molecule has 0 bridgehead atoms. The van der Waals surface area contributed by atoms with Gasteiger partial charge >= 0.3 is 0 Å². The zero-order valence-electron chi connectivity index (χ0n) is 30.0. The summed E-state index contributed by atoms with van der Waals surface area (Å²) in [6.07, 6.45) is 24.9. The lowest BCUT2D eigenvalue weighted by molar-refractivity contribution is -0.723. The average molecular weight is 646 g/mol. The molecule has 0 fully saturated rings. The molecule has 3 aromatic rings. The number of benzene rings is 2. The van der Waals surface area contributed by atoms with Crippen LogP contribution in [0.25, 0.3) is 22.4 Å². The highest BCUT2D eigenvalue weighted by Crippen LogP contribution is 2.57. The zero-order valence-corrected chi connectivity index (χ0v) is 30.0. The normalized spacial score (nSPS) is 22.0. The van der Waals surface area contributed by atoms with Gasteiger partial charge in [0.2, 0.25) is 11.6 Å². The fourth-order valence-electron chi connectivity index (χ4n) is 8.87. The molecule has 1 aromatic heterocycles. The van der Waals surface area contributed by atoms with Gasteiger partial charge in [-0.25, -0.2) is 0 Å². The van der Waals surface area contributed by atoms with Gasteiger partial charge in [0.05, 0.1) is 28.6 Å². The number of hydrogen-bond acceptors (Lipinski definition) is 2. The summed E-state index contributed by atoms with van der Waals surface area (Å²) in [6.45, 7) is 13.9. The van der Waals surface area contributed by atoms with Gasteiger partial charge in [-0.3, -0.25) is 4.90 Å². The Balaban J connectivity index is 1.31. The number of unbranched alkanes of at least 4 members (excludes halogenated alkanes) is 1. The highest BCUT2D eigenvalue weighted by molar-refractivity contribution is 5.72. The van der Waals surface area contributed by atoms with Gasteiger partial charge in [0.1, 0.15) is 0 Å². The van der Waals surface area contributed by atoms with Crippen LogP contribution in [-0.4, -0.2) is 4.90 Å². The Morgan fingerprint density at radius 1 is 0.918 bits per heavy atom. The van der Waals surface area contributed by atoms with Crippen LogP contribution in [0, 0.1) is 5.41 Å². The third-order valence-electron chi connectivity index (χ3n) is 11.5. The molecular formula is C46H49N2O+. The molecule has 3 nitrogen and oxygen atoms in total. The van der Waals surface area contributed by atoms with Crippen LogP contribution in [-0.2, 0) is 16.6 Å². The van der Waals surface area contributed by atoms with E-state index < -0.39 is 0 Å². The number of ether oxygens (including phenoxy) is 1. The summed E-state index contributed by atoms with van der Waals surface area (Å²) in [6, 6.07) is 23.2. The average Bonchev–Trinajstić information content (AvgIpc) is 3.13. The third kappa shape index (κ3) is 4.96. The fraction of sp³-hybridized carbons (Fsp3) is 0.326. The highest BCUT2D eigenvalue weighted by Gasteiger charge is 2.56. The van der Waals surface area contributed by atoms with Crippen LogP contribution in [0.3, 0.4) is 0 Å². The van der Waals surface area contributed by atoms with Crippen molar-refractivity contribution in [2.45, 2.75) is 91.5 Å². The molecule has 5 heterocycles. The van der Waals surface area contributed by atoms with Crippen LogP contribution < -0.4 is 4.57 Å². The minimum absolute atomic E-state index is 0.00382. The number of aromatic nitrogens is 1. The SMILES string of the molecule is CCCCc1ccc(-c2ccc3[n+](c2)C(CC)C(CC)(C2=COC4=CC(C(C)(C)C)=CC5=C6CC=CC=C6C=C2N45)c2ccccc2-3)cc1. The Morgan fingerprint density at radius 3 is 2.47 bits per heavy atom. The Kier molecular flexibility index (Phi) is 7.78. The topological polar surface area (TPSA) is 16.4 Å². The summed E-state index contributed by atoms with van der Waals surface area (Å²) in [4.78, 5) is 2.42. The second kappa shape index (κ2) is 12.1. The number of rotatable bonds is 7. The minimum atomic E-state index is -0.315. The first kappa shape index (κ1) is 31.6. The van der Waals surface area contributed by atoms with Gasteiger partial charge in [0.15, 0.2) is 12.2 Å². The molecule has 0 saturated heterocycles. The highest BCUT2D eigenvalue weighted by atomic mass is 16.5. The van der Waals surface area contributed by atoms with Gasteiger partial charge in [-0.2, -0.15) is 4.57 Å². The smallest absolute Gasteiger partial charge is 0.213 e. The molecule has 2 aromatic carbocycles. The number of fused-ring (bicyclic) bond motifs is 4. The predicted octanol–water partition coefficient (Wildman–Crippen LogP) is 11.3.